The molecule has 0 aliphatic carbocycles. The zero-order chi connectivity index (χ0) is 13.3. The summed E-state index contributed by atoms with van der Waals surface area (Å²) in [6.45, 7) is 0.209. The Morgan fingerprint density at radius 3 is 2.72 bits per heavy atom. The summed E-state index contributed by atoms with van der Waals surface area (Å²) in [7, 11) is -0.663. The molecule has 2 heterocycles. The highest BCUT2D eigenvalue weighted by Gasteiger charge is 2.27. The van der Waals surface area contributed by atoms with Gasteiger partial charge in [-0.05, 0) is 0 Å². The van der Waals surface area contributed by atoms with Crippen LogP contribution in [0.2, 0.25) is 5.02 Å². The van der Waals surface area contributed by atoms with Crippen LogP contribution in [0.3, 0.4) is 0 Å². The Balaban J connectivity index is 2.32. The molecule has 0 fully saturated rings. The molecular weight excluding hydrogens is 278 g/mol. The maximum atomic E-state index is 12.3. The van der Waals surface area contributed by atoms with E-state index in [4.69, 9.17) is 11.6 Å². The normalized spacial score (nSPS) is 12.2. The second-order valence-corrected chi connectivity index (χ2v) is 6.16. The minimum Gasteiger partial charge on any atom is -0.285 e. The first-order valence-electron chi connectivity index (χ1n) is 5.04. The van der Waals surface area contributed by atoms with E-state index in [9.17, 15) is 8.42 Å². The molecule has 7 nitrogen and oxygen atoms in total. The van der Waals surface area contributed by atoms with Gasteiger partial charge in [0.15, 0.2) is 5.03 Å². The average molecular weight is 290 g/mol. The number of nitrogens with one attached hydrogen (secondary N) is 1. The Morgan fingerprint density at radius 1 is 1.50 bits per heavy atom. The highest BCUT2D eigenvalue weighted by molar-refractivity contribution is 7.89. The molecule has 0 amide bonds. The van der Waals surface area contributed by atoms with Crippen LogP contribution in [0.5, 0.6) is 0 Å². The number of sulfonamides is 1. The number of aromatic amines is 1. The van der Waals surface area contributed by atoms with Crippen LogP contribution < -0.4 is 0 Å². The zero-order valence-corrected chi connectivity index (χ0v) is 11.4. The number of nitrogens with zero attached hydrogens (tertiary/aromatic N) is 4. The Labute approximate surface area is 109 Å². The number of hydrogen-bond donors (Lipinski definition) is 1. The van der Waals surface area contributed by atoms with E-state index in [0.717, 1.165) is 5.56 Å². The van der Waals surface area contributed by atoms with Crippen LogP contribution in [-0.2, 0) is 23.6 Å². The number of hydrogen-bond acceptors (Lipinski definition) is 4. The van der Waals surface area contributed by atoms with E-state index in [1.807, 2.05) is 0 Å². The van der Waals surface area contributed by atoms with E-state index in [1.54, 1.807) is 12.4 Å². The van der Waals surface area contributed by atoms with Crippen molar-refractivity contribution in [2.75, 3.05) is 7.05 Å². The predicted octanol–water partition coefficient (Wildman–Crippen LogP) is 0.617. The topological polar surface area (TPSA) is 83.9 Å². The second kappa shape index (κ2) is 4.71. The lowest BCUT2D eigenvalue weighted by molar-refractivity contribution is 0.457. The molecule has 9 heteroatoms. The summed E-state index contributed by atoms with van der Waals surface area (Å²) in [5.41, 5.74) is 0.763. The van der Waals surface area contributed by atoms with Gasteiger partial charge in [0, 0.05) is 32.4 Å². The van der Waals surface area contributed by atoms with E-state index >= 15 is 0 Å². The number of rotatable bonds is 4. The molecule has 0 bridgehead atoms. The number of H-pyrrole nitrogens is 1. The molecule has 0 spiro atoms. The second-order valence-electron chi connectivity index (χ2n) is 3.79. The van der Waals surface area contributed by atoms with Crippen molar-refractivity contribution in [3.63, 3.8) is 0 Å². The largest absolute Gasteiger partial charge is 0.285 e. The Morgan fingerprint density at radius 2 is 2.22 bits per heavy atom. The quantitative estimate of drug-likeness (QED) is 0.894. The molecule has 0 aliphatic rings. The predicted molar refractivity (Wildman–Crippen MR) is 65.5 cm³/mol. The van der Waals surface area contributed by atoms with Gasteiger partial charge in [0.25, 0.3) is 10.0 Å². The Hall–Kier alpha value is -1.38. The minimum atomic E-state index is -3.67. The van der Waals surface area contributed by atoms with Crippen molar-refractivity contribution in [2.24, 2.45) is 7.05 Å². The lowest BCUT2D eigenvalue weighted by Gasteiger charge is -2.16. The highest BCUT2D eigenvalue weighted by atomic mass is 35.5. The van der Waals surface area contributed by atoms with Crippen LogP contribution in [0, 0.1) is 0 Å². The minimum absolute atomic E-state index is 0.0184. The van der Waals surface area contributed by atoms with Crippen LogP contribution >= 0.6 is 11.6 Å². The van der Waals surface area contributed by atoms with E-state index in [1.165, 1.54) is 29.3 Å². The third-order valence-corrected chi connectivity index (χ3v) is 4.77. The summed E-state index contributed by atoms with van der Waals surface area (Å²) >= 11 is 5.85. The first-order chi connectivity index (χ1) is 8.43. The molecule has 0 aliphatic heterocycles. The molecule has 0 saturated carbocycles. The fraction of sp³-hybridized carbons (Fsp3) is 0.333. The van der Waals surface area contributed by atoms with Gasteiger partial charge in [0.2, 0.25) is 0 Å². The first-order valence-corrected chi connectivity index (χ1v) is 6.86. The SMILES string of the molecule is CN(Cc1cn[nH]c1)S(=O)(=O)c1c(Cl)cnn1C. The van der Waals surface area contributed by atoms with Crippen molar-refractivity contribution in [2.45, 2.75) is 11.6 Å². The van der Waals surface area contributed by atoms with E-state index in [0.29, 0.717) is 0 Å². The van der Waals surface area contributed by atoms with Crippen LogP contribution in [0.1, 0.15) is 5.56 Å². The molecule has 1 N–H and O–H groups in total. The van der Waals surface area contributed by atoms with Gasteiger partial charge in [0.1, 0.15) is 0 Å². The van der Waals surface area contributed by atoms with Gasteiger partial charge in [-0.2, -0.15) is 14.5 Å². The maximum Gasteiger partial charge on any atom is 0.261 e. The number of aryl methyl sites for hydroxylation is 1. The van der Waals surface area contributed by atoms with Gasteiger partial charge in [0.05, 0.1) is 17.4 Å². The van der Waals surface area contributed by atoms with E-state index in [2.05, 4.69) is 15.3 Å². The smallest absolute Gasteiger partial charge is 0.261 e. The van der Waals surface area contributed by atoms with Crippen LogP contribution in [0.4, 0.5) is 0 Å². The molecule has 0 atom stereocenters. The molecule has 0 aromatic carbocycles. The van der Waals surface area contributed by atoms with Crippen molar-refractivity contribution >= 4 is 21.6 Å². The molecule has 2 rings (SSSR count). The molecular formula is C9H12ClN5O2S. The summed E-state index contributed by atoms with van der Waals surface area (Å²) in [4.78, 5) is 0. The third kappa shape index (κ3) is 2.26. The van der Waals surface area contributed by atoms with Crippen molar-refractivity contribution in [1.29, 1.82) is 0 Å². The van der Waals surface area contributed by atoms with Gasteiger partial charge < -0.3 is 0 Å². The number of halogens is 1. The summed E-state index contributed by atoms with van der Waals surface area (Å²) in [6.07, 6.45) is 4.51. The molecule has 98 valence electrons. The average Bonchev–Trinajstić information content (AvgIpc) is 2.89. The van der Waals surface area contributed by atoms with Gasteiger partial charge in [-0.1, -0.05) is 11.6 Å². The lowest BCUT2D eigenvalue weighted by atomic mass is 10.4. The molecule has 18 heavy (non-hydrogen) atoms. The van der Waals surface area contributed by atoms with Crippen LogP contribution in [0.25, 0.3) is 0 Å². The van der Waals surface area contributed by atoms with Crippen LogP contribution in [-0.4, -0.2) is 39.7 Å². The molecule has 2 aromatic rings. The van der Waals surface area contributed by atoms with Crippen molar-refractivity contribution < 1.29 is 8.42 Å². The summed E-state index contributed by atoms with van der Waals surface area (Å²) in [6, 6.07) is 0. The van der Waals surface area contributed by atoms with E-state index in [-0.39, 0.29) is 16.6 Å². The lowest BCUT2D eigenvalue weighted by Crippen LogP contribution is -2.28. The Kier molecular flexibility index (Phi) is 3.42. The third-order valence-electron chi connectivity index (χ3n) is 2.46. The zero-order valence-electron chi connectivity index (χ0n) is 9.83. The standard InChI is InChI=1S/C9H12ClN5O2S/c1-14(6-7-3-11-12-4-7)18(16,17)9-8(10)5-13-15(9)2/h3-5H,6H2,1-2H3,(H,11,12). The number of aromatic nitrogens is 4. The molecule has 0 saturated heterocycles. The molecule has 0 radical (unpaired) electrons. The first kappa shape index (κ1) is 13.1. The van der Waals surface area contributed by atoms with Gasteiger partial charge in [-0.25, -0.2) is 8.42 Å². The monoisotopic (exact) mass is 289 g/mol. The molecule has 2 aromatic heterocycles. The van der Waals surface area contributed by atoms with Gasteiger partial charge in [-0.3, -0.25) is 9.78 Å². The van der Waals surface area contributed by atoms with Crippen LogP contribution in [0.15, 0.2) is 23.6 Å². The van der Waals surface area contributed by atoms with Gasteiger partial charge in [-0.15, -0.1) is 0 Å². The fourth-order valence-electron chi connectivity index (χ4n) is 1.54. The highest BCUT2D eigenvalue weighted by Crippen LogP contribution is 2.23. The van der Waals surface area contributed by atoms with Crippen molar-refractivity contribution in [3.8, 4) is 0 Å². The fourth-order valence-corrected chi connectivity index (χ4v) is 3.30. The van der Waals surface area contributed by atoms with Gasteiger partial charge >= 0.3 is 0 Å². The molecule has 0 unspecified atom stereocenters. The Bertz CT molecular complexity index is 614. The van der Waals surface area contributed by atoms with Crippen molar-refractivity contribution in [3.05, 3.63) is 29.2 Å². The van der Waals surface area contributed by atoms with E-state index < -0.39 is 10.0 Å². The summed E-state index contributed by atoms with van der Waals surface area (Å²) in [5.74, 6) is 0. The maximum absolute atomic E-state index is 12.3. The summed E-state index contributed by atoms with van der Waals surface area (Å²) in [5, 5.41) is 10.3. The van der Waals surface area contributed by atoms with Crippen molar-refractivity contribution in [1.82, 2.24) is 24.3 Å². The summed E-state index contributed by atoms with van der Waals surface area (Å²) < 4.78 is 27.1.